The summed E-state index contributed by atoms with van der Waals surface area (Å²) >= 11 is 0. The van der Waals surface area contributed by atoms with Crippen LogP contribution in [0.1, 0.15) is 54.3 Å². The molecular formula is C57H42N4. The van der Waals surface area contributed by atoms with Gasteiger partial charge in [0.25, 0.3) is 0 Å². The van der Waals surface area contributed by atoms with Crippen molar-refractivity contribution in [3.05, 3.63) is 222 Å². The number of hydrogen-bond acceptors (Lipinski definition) is 2. The molecule has 4 nitrogen and oxygen atoms in total. The molecule has 290 valence electrons. The summed E-state index contributed by atoms with van der Waals surface area (Å²) in [5.74, 6) is 0.761. The molecule has 61 heavy (non-hydrogen) atoms. The summed E-state index contributed by atoms with van der Waals surface area (Å²) in [5, 5.41) is 4.86. The van der Waals surface area contributed by atoms with Gasteiger partial charge in [0.2, 0.25) is 5.95 Å². The van der Waals surface area contributed by atoms with Crippen molar-refractivity contribution in [2.24, 2.45) is 0 Å². The quantitative estimate of drug-likeness (QED) is 0.168. The lowest BCUT2D eigenvalue weighted by atomic mass is 9.81. The number of aromatic nitrogens is 4. The number of hydrogen-bond donors (Lipinski definition) is 0. The first-order valence-electron chi connectivity index (χ1n) is 21.3. The van der Waals surface area contributed by atoms with Crippen molar-refractivity contribution >= 4 is 60.8 Å². The van der Waals surface area contributed by atoms with Gasteiger partial charge in [0.05, 0.1) is 33.5 Å². The van der Waals surface area contributed by atoms with Crippen LogP contribution in [-0.2, 0) is 5.41 Å². The first-order chi connectivity index (χ1) is 30.0. The predicted octanol–water partition coefficient (Wildman–Crippen LogP) is 14.3. The Balaban J connectivity index is 1.02. The highest BCUT2D eigenvalue weighted by atomic mass is 15.2. The van der Waals surface area contributed by atoms with Gasteiger partial charge in [-0.15, -0.1) is 0 Å². The molecule has 0 spiro atoms. The van der Waals surface area contributed by atoms with E-state index in [1.165, 1.54) is 66.0 Å². The second-order valence-electron chi connectivity index (χ2n) is 17.1. The average Bonchev–Trinajstić information content (AvgIpc) is 3.95. The lowest BCUT2D eigenvalue weighted by Gasteiger charge is -2.26. The lowest BCUT2D eigenvalue weighted by Crippen LogP contribution is -2.19. The zero-order chi connectivity index (χ0) is 40.7. The summed E-state index contributed by atoms with van der Waals surface area (Å²) in [6.07, 6.45) is 10.2. The minimum Gasteiger partial charge on any atom is -0.309 e. The molecule has 0 saturated heterocycles. The van der Waals surface area contributed by atoms with E-state index in [0.29, 0.717) is 5.95 Å². The normalized spacial score (nSPS) is 15.7. The van der Waals surface area contributed by atoms with E-state index in [-0.39, 0.29) is 11.3 Å². The third-order valence-corrected chi connectivity index (χ3v) is 12.9. The molecule has 0 amide bonds. The van der Waals surface area contributed by atoms with E-state index >= 15 is 0 Å². The van der Waals surface area contributed by atoms with E-state index < -0.39 is 0 Å². The maximum Gasteiger partial charge on any atom is 0.235 e. The number of allylic oxidation sites excluding steroid dienone is 5. The summed E-state index contributed by atoms with van der Waals surface area (Å²) < 4.78 is 4.67. The monoisotopic (exact) mass is 782 g/mol. The van der Waals surface area contributed by atoms with E-state index in [0.717, 1.165) is 40.1 Å². The Labute approximate surface area is 355 Å². The largest absolute Gasteiger partial charge is 0.309 e. The molecule has 2 aliphatic carbocycles. The van der Waals surface area contributed by atoms with Crippen molar-refractivity contribution in [3.8, 4) is 22.8 Å². The van der Waals surface area contributed by atoms with Crippen LogP contribution in [0.4, 0.5) is 0 Å². The smallest absolute Gasteiger partial charge is 0.235 e. The maximum absolute atomic E-state index is 5.63. The van der Waals surface area contributed by atoms with E-state index in [1.807, 2.05) is 0 Å². The van der Waals surface area contributed by atoms with Crippen LogP contribution in [0.25, 0.3) is 83.6 Å². The summed E-state index contributed by atoms with van der Waals surface area (Å²) in [6, 6.07) is 63.5. The Kier molecular flexibility index (Phi) is 7.98. The number of para-hydroxylation sites is 3. The van der Waals surface area contributed by atoms with E-state index in [1.54, 1.807) is 0 Å². The molecule has 0 radical (unpaired) electrons. The standard InChI is InChI=1S/C57H42N4/c1-57(2)31-30-47-54(43-33-41(37-16-6-3-7-17-37)32-42(34-43)38-18-8-4-9-19-38)58-56(59-55(47)57)61-51-25-15-13-23-46(51)49-36-40(27-29-53(49)61)39-26-28-52-48(35-39)45-22-12-14-24-50(45)60(52)44-20-10-5-11-21-44/h3-33,35-36,43H,34H2,1-2H3. The molecule has 10 aromatic rings. The van der Waals surface area contributed by atoms with Gasteiger partial charge in [-0.25, -0.2) is 9.97 Å². The Hall–Kier alpha value is -7.56. The van der Waals surface area contributed by atoms with Gasteiger partial charge in [0.1, 0.15) is 0 Å². The van der Waals surface area contributed by atoms with Crippen LogP contribution < -0.4 is 0 Å². The summed E-state index contributed by atoms with van der Waals surface area (Å²) in [7, 11) is 0. The molecule has 2 aliphatic rings. The predicted molar refractivity (Wildman–Crippen MR) is 254 cm³/mol. The minimum absolute atomic E-state index is 0.0481. The molecule has 0 saturated carbocycles. The molecule has 0 bridgehead atoms. The summed E-state index contributed by atoms with van der Waals surface area (Å²) in [6.45, 7) is 4.53. The number of benzene rings is 7. The Morgan fingerprint density at radius 3 is 1.70 bits per heavy atom. The van der Waals surface area contributed by atoms with Gasteiger partial charge < -0.3 is 4.57 Å². The molecular weight excluding hydrogens is 741 g/mol. The third kappa shape index (κ3) is 5.74. The van der Waals surface area contributed by atoms with Crippen LogP contribution in [0.5, 0.6) is 0 Å². The first-order valence-corrected chi connectivity index (χ1v) is 21.3. The van der Waals surface area contributed by atoms with E-state index in [4.69, 9.17) is 9.97 Å². The molecule has 3 aromatic heterocycles. The highest BCUT2D eigenvalue weighted by Gasteiger charge is 2.34. The van der Waals surface area contributed by atoms with Crippen molar-refractivity contribution in [1.29, 1.82) is 0 Å². The number of nitrogens with zero attached hydrogens (tertiary/aromatic N) is 4. The molecule has 0 fully saturated rings. The molecule has 7 aromatic carbocycles. The van der Waals surface area contributed by atoms with Crippen molar-refractivity contribution in [2.75, 3.05) is 0 Å². The fraction of sp³-hybridized carbons (Fsp3) is 0.0877. The van der Waals surface area contributed by atoms with Crippen LogP contribution in [0.3, 0.4) is 0 Å². The second-order valence-corrected chi connectivity index (χ2v) is 17.1. The van der Waals surface area contributed by atoms with Gasteiger partial charge in [-0.3, -0.25) is 4.57 Å². The van der Waals surface area contributed by atoms with Crippen LogP contribution >= 0.6 is 0 Å². The van der Waals surface area contributed by atoms with E-state index in [2.05, 4.69) is 223 Å². The molecule has 12 rings (SSSR count). The Morgan fingerprint density at radius 1 is 0.508 bits per heavy atom. The van der Waals surface area contributed by atoms with Crippen LogP contribution in [0.15, 0.2) is 194 Å². The highest BCUT2D eigenvalue weighted by Crippen LogP contribution is 2.45. The summed E-state index contributed by atoms with van der Waals surface area (Å²) in [5.41, 5.74) is 16.2. The molecule has 1 atom stereocenters. The van der Waals surface area contributed by atoms with Crippen molar-refractivity contribution in [1.82, 2.24) is 19.1 Å². The number of fused-ring (bicyclic) bond motifs is 7. The van der Waals surface area contributed by atoms with Crippen LogP contribution in [0, 0.1) is 0 Å². The van der Waals surface area contributed by atoms with Gasteiger partial charge >= 0.3 is 0 Å². The highest BCUT2D eigenvalue weighted by molar-refractivity contribution is 6.12. The van der Waals surface area contributed by atoms with Crippen LogP contribution in [0.2, 0.25) is 0 Å². The van der Waals surface area contributed by atoms with Gasteiger partial charge in [-0.1, -0.05) is 166 Å². The number of rotatable bonds is 6. The van der Waals surface area contributed by atoms with Crippen molar-refractivity contribution in [2.45, 2.75) is 31.6 Å². The fourth-order valence-corrected chi connectivity index (χ4v) is 9.91. The Bertz CT molecular complexity index is 3450. The van der Waals surface area contributed by atoms with Crippen molar-refractivity contribution in [3.63, 3.8) is 0 Å². The second kappa shape index (κ2) is 13.8. The fourth-order valence-electron chi connectivity index (χ4n) is 9.91. The van der Waals surface area contributed by atoms with Gasteiger partial charge in [0.15, 0.2) is 0 Å². The molecule has 0 N–H and O–H groups in total. The average molecular weight is 783 g/mol. The molecule has 0 aliphatic heterocycles. The van der Waals surface area contributed by atoms with E-state index in [9.17, 15) is 0 Å². The SMILES string of the molecule is CC1(C)C=Cc2c(C3C=C(c4ccccc4)C=C(c4ccccc4)C3)nc(-n3c4ccccc4c4cc(-c5ccc6c(c5)c5ccccc5n6-c5ccccc5)ccc43)nc21. The first kappa shape index (κ1) is 35.4. The molecule has 4 heteroatoms. The summed E-state index contributed by atoms with van der Waals surface area (Å²) in [4.78, 5) is 11.1. The zero-order valence-corrected chi connectivity index (χ0v) is 34.1. The van der Waals surface area contributed by atoms with Crippen molar-refractivity contribution < 1.29 is 0 Å². The zero-order valence-electron chi connectivity index (χ0n) is 34.1. The van der Waals surface area contributed by atoms with Gasteiger partial charge in [0, 0.05) is 44.1 Å². The minimum atomic E-state index is -0.241. The molecule has 1 unspecified atom stereocenters. The van der Waals surface area contributed by atoms with Crippen LogP contribution in [-0.4, -0.2) is 19.1 Å². The maximum atomic E-state index is 5.63. The van der Waals surface area contributed by atoms with Gasteiger partial charge in [-0.05, 0) is 88.4 Å². The molecule has 3 heterocycles. The third-order valence-electron chi connectivity index (χ3n) is 12.9. The Morgan fingerprint density at radius 2 is 1.05 bits per heavy atom. The lowest BCUT2D eigenvalue weighted by molar-refractivity contribution is 0.644. The topological polar surface area (TPSA) is 35.6 Å². The van der Waals surface area contributed by atoms with Gasteiger partial charge in [-0.2, -0.15) is 0 Å².